The highest BCUT2D eigenvalue weighted by molar-refractivity contribution is 6.36. The standard InChI is InChI=1S/C11H15Cl2N/c1-2-3-7-10(14)11-8(12)5-4-6-9(11)13/h4-6,10H,2-3,7,14H2,1H3/t10-/m1/s1. The highest BCUT2D eigenvalue weighted by atomic mass is 35.5. The summed E-state index contributed by atoms with van der Waals surface area (Å²) in [5.74, 6) is 0. The van der Waals surface area contributed by atoms with E-state index in [1.807, 2.05) is 18.2 Å². The van der Waals surface area contributed by atoms with Crippen molar-refractivity contribution in [3.05, 3.63) is 33.8 Å². The summed E-state index contributed by atoms with van der Waals surface area (Å²) in [7, 11) is 0. The molecular weight excluding hydrogens is 217 g/mol. The zero-order chi connectivity index (χ0) is 10.6. The molecule has 0 aliphatic carbocycles. The van der Waals surface area contributed by atoms with Crippen molar-refractivity contribution >= 4 is 23.2 Å². The van der Waals surface area contributed by atoms with Crippen LogP contribution in [0.3, 0.4) is 0 Å². The summed E-state index contributed by atoms with van der Waals surface area (Å²) in [5, 5.41) is 1.34. The van der Waals surface area contributed by atoms with Gasteiger partial charge in [-0.3, -0.25) is 0 Å². The van der Waals surface area contributed by atoms with E-state index >= 15 is 0 Å². The Kier molecular flexibility index (Phi) is 4.73. The summed E-state index contributed by atoms with van der Waals surface area (Å²) in [5.41, 5.74) is 6.89. The van der Waals surface area contributed by atoms with Gasteiger partial charge in [0.2, 0.25) is 0 Å². The maximum Gasteiger partial charge on any atom is 0.0468 e. The summed E-state index contributed by atoms with van der Waals surface area (Å²) in [6, 6.07) is 5.44. The predicted octanol–water partition coefficient (Wildman–Crippen LogP) is 4.18. The van der Waals surface area contributed by atoms with Crippen LogP contribution in [0.4, 0.5) is 0 Å². The summed E-state index contributed by atoms with van der Waals surface area (Å²) in [6.07, 6.45) is 3.17. The van der Waals surface area contributed by atoms with Crippen LogP contribution in [0.2, 0.25) is 10.0 Å². The van der Waals surface area contributed by atoms with E-state index in [4.69, 9.17) is 28.9 Å². The first-order valence-corrected chi connectivity index (χ1v) is 5.62. The van der Waals surface area contributed by atoms with Crippen molar-refractivity contribution < 1.29 is 0 Å². The van der Waals surface area contributed by atoms with E-state index < -0.39 is 0 Å². The Labute approximate surface area is 95.2 Å². The van der Waals surface area contributed by atoms with Gasteiger partial charge < -0.3 is 5.73 Å². The molecule has 0 bridgehead atoms. The zero-order valence-electron chi connectivity index (χ0n) is 8.26. The maximum atomic E-state index is 6.04. The molecule has 0 spiro atoms. The minimum atomic E-state index is -0.0452. The topological polar surface area (TPSA) is 26.0 Å². The van der Waals surface area contributed by atoms with Crippen LogP contribution < -0.4 is 5.73 Å². The van der Waals surface area contributed by atoms with E-state index in [2.05, 4.69) is 6.92 Å². The number of rotatable bonds is 4. The van der Waals surface area contributed by atoms with Crippen molar-refractivity contribution in [2.75, 3.05) is 0 Å². The first kappa shape index (κ1) is 11.8. The summed E-state index contributed by atoms with van der Waals surface area (Å²) >= 11 is 12.1. The molecule has 0 unspecified atom stereocenters. The Bertz CT molecular complexity index is 279. The van der Waals surface area contributed by atoms with Crippen molar-refractivity contribution in [1.82, 2.24) is 0 Å². The third kappa shape index (κ3) is 2.88. The van der Waals surface area contributed by atoms with E-state index in [-0.39, 0.29) is 6.04 Å². The second-order valence-electron chi connectivity index (χ2n) is 3.38. The van der Waals surface area contributed by atoms with Crippen molar-refractivity contribution in [1.29, 1.82) is 0 Å². The molecule has 2 N–H and O–H groups in total. The minimum Gasteiger partial charge on any atom is -0.324 e. The molecule has 0 radical (unpaired) electrons. The third-order valence-corrected chi connectivity index (χ3v) is 2.90. The van der Waals surface area contributed by atoms with E-state index in [0.29, 0.717) is 10.0 Å². The molecule has 1 atom stereocenters. The molecule has 0 saturated carbocycles. The fourth-order valence-corrected chi connectivity index (χ4v) is 2.11. The summed E-state index contributed by atoms with van der Waals surface area (Å²) < 4.78 is 0. The Morgan fingerprint density at radius 2 is 1.86 bits per heavy atom. The van der Waals surface area contributed by atoms with Gasteiger partial charge in [0.15, 0.2) is 0 Å². The lowest BCUT2D eigenvalue weighted by molar-refractivity contribution is 0.604. The van der Waals surface area contributed by atoms with Crippen LogP contribution in [0.25, 0.3) is 0 Å². The van der Waals surface area contributed by atoms with Crippen LogP contribution in [-0.2, 0) is 0 Å². The molecule has 14 heavy (non-hydrogen) atoms. The highest BCUT2D eigenvalue weighted by Gasteiger charge is 2.12. The molecule has 1 nitrogen and oxygen atoms in total. The molecule has 78 valence electrons. The smallest absolute Gasteiger partial charge is 0.0468 e. The highest BCUT2D eigenvalue weighted by Crippen LogP contribution is 2.31. The van der Waals surface area contributed by atoms with Crippen LogP contribution in [-0.4, -0.2) is 0 Å². The zero-order valence-corrected chi connectivity index (χ0v) is 9.78. The largest absolute Gasteiger partial charge is 0.324 e. The van der Waals surface area contributed by atoms with Gasteiger partial charge in [-0.25, -0.2) is 0 Å². The maximum absolute atomic E-state index is 6.04. The third-order valence-electron chi connectivity index (χ3n) is 2.24. The fraction of sp³-hybridized carbons (Fsp3) is 0.455. The molecule has 3 heteroatoms. The van der Waals surface area contributed by atoms with Crippen LogP contribution in [0, 0.1) is 0 Å². The summed E-state index contributed by atoms with van der Waals surface area (Å²) in [4.78, 5) is 0. The average molecular weight is 232 g/mol. The Morgan fingerprint density at radius 1 is 1.29 bits per heavy atom. The average Bonchev–Trinajstić information content (AvgIpc) is 2.14. The van der Waals surface area contributed by atoms with Gasteiger partial charge in [0.1, 0.15) is 0 Å². The molecule has 0 aliphatic heterocycles. The quantitative estimate of drug-likeness (QED) is 0.827. The number of hydrogen-bond acceptors (Lipinski definition) is 1. The van der Waals surface area contributed by atoms with Crippen molar-refractivity contribution in [2.45, 2.75) is 32.2 Å². The van der Waals surface area contributed by atoms with Crippen LogP contribution in [0.1, 0.15) is 37.8 Å². The fourth-order valence-electron chi connectivity index (χ4n) is 1.43. The minimum absolute atomic E-state index is 0.0452. The monoisotopic (exact) mass is 231 g/mol. The molecular formula is C11H15Cl2N. The molecule has 1 aromatic carbocycles. The van der Waals surface area contributed by atoms with Crippen LogP contribution in [0.5, 0.6) is 0 Å². The van der Waals surface area contributed by atoms with Crippen molar-refractivity contribution in [3.8, 4) is 0 Å². The number of halogens is 2. The Balaban J connectivity index is 2.82. The van der Waals surface area contributed by atoms with E-state index in [1.54, 1.807) is 0 Å². The lowest BCUT2D eigenvalue weighted by Gasteiger charge is -2.14. The van der Waals surface area contributed by atoms with Gasteiger partial charge in [0, 0.05) is 21.7 Å². The van der Waals surface area contributed by atoms with E-state index in [1.165, 1.54) is 0 Å². The van der Waals surface area contributed by atoms with Crippen LogP contribution >= 0.6 is 23.2 Å². The first-order chi connectivity index (χ1) is 6.66. The number of benzene rings is 1. The van der Waals surface area contributed by atoms with E-state index in [0.717, 1.165) is 24.8 Å². The van der Waals surface area contributed by atoms with Crippen molar-refractivity contribution in [3.63, 3.8) is 0 Å². The predicted molar refractivity (Wildman–Crippen MR) is 62.9 cm³/mol. The van der Waals surface area contributed by atoms with Gasteiger partial charge in [-0.2, -0.15) is 0 Å². The second kappa shape index (κ2) is 5.59. The van der Waals surface area contributed by atoms with E-state index in [9.17, 15) is 0 Å². The van der Waals surface area contributed by atoms with Gasteiger partial charge in [0.05, 0.1) is 0 Å². The number of hydrogen-bond donors (Lipinski definition) is 1. The molecule has 0 amide bonds. The molecule has 0 aromatic heterocycles. The molecule has 1 aromatic rings. The lowest BCUT2D eigenvalue weighted by atomic mass is 10.0. The number of nitrogens with two attached hydrogens (primary N) is 1. The molecule has 1 rings (SSSR count). The Morgan fingerprint density at radius 3 is 2.36 bits per heavy atom. The van der Waals surface area contributed by atoms with Gasteiger partial charge in [-0.15, -0.1) is 0 Å². The first-order valence-electron chi connectivity index (χ1n) is 4.86. The lowest BCUT2D eigenvalue weighted by Crippen LogP contribution is -2.11. The number of unbranched alkanes of at least 4 members (excludes halogenated alkanes) is 1. The van der Waals surface area contributed by atoms with Gasteiger partial charge in [-0.1, -0.05) is 49.0 Å². The van der Waals surface area contributed by atoms with Crippen molar-refractivity contribution in [2.24, 2.45) is 5.73 Å². The SMILES string of the molecule is CCCC[C@@H](N)c1c(Cl)cccc1Cl. The van der Waals surface area contributed by atoms with Crippen LogP contribution in [0.15, 0.2) is 18.2 Å². The Hall–Kier alpha value is -0.240. The normalized spacial score (nSPS) is 12.9. The van der Waals surface area contributed by atoms with Gasteiger partial charge >= 0.3 is 0 Å². The molecule has 0 saturated heterocycles. The van der Waals surface area contributed by atoms with Gasteiger partial charge in [-0.05, 0) is 18.6 Å². The second-order valence-corrected chi connectivity index (χ2v) is 4.20. The molecule has 0 fully saturated rings. The molecule has 0 heterocycles. The van der Waals surface area contributed by atoms with Gasteiger partial charge in [0.25, 0.3) is 0 Å². The summed E-state index contributed by atoms with van der Waals surface area (Å²) in [6.45, 7) is 2.14. The molecule has 0 aliphatic rings.